The summed E-state index contributed by atoms with van der Waals surface area (Å²) in [4.78, 5) is 46.0. The second-order valence-electron chi connectivity index (χ2n) is 15.1. The van der Waals surface area contributed by atoms with E-state index < -0.39 is 51.1 Å². The first-order chi connectivity index (χ1) is 29.1. The molecule has 3 unspecified atom stereocenters. The maximum Gasteiger partial charge on any atom is 0.472 e. The van der Waals surface area contributed by atoms with Crippen LogP contribution in [0.4, 0.5) is 0 Å². The molecule has 344 valence electrons. The van der Waals surface area contributed by atoms with Crippen LogP contribution in [0.1, 0.15) is 181 Å². The number of ether oxygens (including phenoxy) is 2. The summed E-state index contributed by atoms with van der Waals surface area (Å²) in [6, 6.07) is -1.53. The lowest BCUT2D eigenvalue weighted by Crippen LogP contribution is -2.34. The smallest absolute Gasteiger partial charge is 0.472 e. The summed E-state index contributed by atoms with van der Waals surface area (Å²) in [6.45, 7) is 2.63. The van der Waals surface area contributed by atoms with Crippen molar-refractivity contribution in [2.24, 2.45) is 5.73 Å². The monoisotopic (exact) mass is 864 g/mol. The predicted octanol–water partition coefficient (Wildman–Crippen LogP) is 12.5. The van der Waals surface area contributed by atoms with Gasteiger partial charge in [-0.25, -0.2) is 4.57 Å². The second kappa shape index (κ2) is 42.6. The topological polar surface area (TPSA) is 172 Å². The van der Waals surface area contributed by atoms with E-state index in [1.807, 2.05) is 12.2 Å². The van der Waals surface area contributed by atoms with Gasteiger partial charge < -0.3 is 25.2 Å². The number of nitrogens with two attached hydrogens (primary N) is 1. The van der Waals surface area contributed by atoms with Crippen molar-refractivity contribution in [3.8, 4) is 0 Å². The molecule has 0 amide bonds. The summed E-state index contributed by atoms with van der Waals surface area (Å²) in [5.41, 5.74) is 5.33. The molecule has 0 rings (SSSR count). The molecule has 0 aromatic rings. The highest BCUT2D eigenvalue weighted by Crippen LogP contribution is 2.43. The summed E-state index contributed by atoms with van der Waals surface area (Å²) in [5.74, 6) is -2.46. The van der Waals surface area contributed by atoms with Gasteiger partial charge in [0.25, 0.3) is 0 Å². The zero-order valence-electron chi connectivity index (χ0n) is 37.3. The highest BCUT2D eigenvalue weighted by atomic mass is 31.2. The zero-order chi connectivity index (χ0) is 44.2. The Morgan fingerprint density at radius 2 is 0.950 bits per heavy atom. The van der Waals surface area contributed by atoms with E-state index in [1.54, 1.807) is 0 Å². The maximum atomic E-state index is 12.6. The Morgan fingerprint density at radius 1 is 0.533 bits per heavy atom. The molecule has 0 heterocycles. The summed E-state index contributed by atoms with van der Waals surface area (Å²) in [6.07, 6.45) is 51.2. The van der Waals surface area contributed by atoms with Crippen molar-refractivity contribution in [1.82, 2.24) is 0 Å². The molecule has 0 aromatic heterocycles. The van der Waals surface area contributed by atoms with Gasteiger partial charge in [-0.2, -0.15) is 0 Å². The van der Waals surface area contributed by atoms with Crippen LogP contribution in [-0.4, -0.2) is 59.9 Å². The lowest BCUT2D eigenvalue weighted by Gasteiger charge is -2.20. The first-order valence-electron chi connectivity index (χ1n) is 23.0. The van der Waals surface area contributed by atoms with Crippen LogP contribution in [0.3, 0.4) is 0 Å². The molecule has 0 aromatic carbocycles. The Bertz CT molecular complexity index is 1290. The molecule has 0 radical (unpaired) electrons. The number of allylic oxidation sites excluding steroid dienone is 12. The van der Waals surface area contributed by atoms with Crippen molar-refractivity contribution < 1.29 is 47.5 Å². The number of carbonyl (C=O) groups excluding carboxylic acids is 2. The van der Waals surface area contributed by atoms with Crippen molar-refractivity contribution in [2.45, 2.75) is 193 Å². The average molecular weight is 864 g/mol. The van der Waals surface area contributed by atoms with Gasteiger partial charge in [-0.1, -0.05) is 164 Å². The van der Waals surface area contributed by atoms with Gasteiger partial charge in [-0.05, 0) is 77.0 Å². The number of carbonyl (C=O) groups is 3. The van der Waals surface area contributed by atoms with E-state index in [2.05, 4.69) is 79.1 Å². The Kier molecular flexibility index (Phi) is 40.4. The lowest BCUT2D eigenvalue weighted by molar-refractivity contribution is -0.161. The number of rotatable bonds is 42. The van der Waals surface area contributed by atoms with Crippen LogP contribution in [0.15, 0.2) is 72.9 Å². The summed E-state index contributed by atoms with van der Waals surface area (Å²) < 4.78 is 32.7. The maximum absolute atomic E-state index is 12.6. The number of aliphatic carboxylic acids is 1. The molecule has 0 saturated carbocycles. The van der Waals surface area contributed by atoms with Gasteiger partial charge in [-0.3, -0.25) is 23.4 Å². The number of phosphoric acid groups is 1. The average Bonchev–Trinajstić information content (AvgIpc) is 3.22. The predicted molar refractivity (Wildman–Crippen MR) is 244 cm³/mol. The molecule has 0 bridgehead atoms. The Balaban J connectivity index is 4.41. The first-order valence-corrected chi connectivity index (χ1v) is 24.5. The van der Waals surface area contributed by atoms with Crippen molar-refractivity contribution in [3.05, 3.63) is 72.9 Å². The Morgan fingerprint density at radius 3 is 1.47 bits per heavy atom. The van der Waals surface area contributed by atoms with Crippen molar-refractivity contribution in [1.29, 1.82) is 0 Å². The number of carboxylic acid groups (broad SMARTS) is 1. The Labute approximate surface area is 363 Å². The zero-order valence-corrected chi connectivity index (χ0v) is 38.2. The van der Waals surface area contributed by atoms with Crippen LogP contribution in [0.2, 0.25) is 0 Å². The minimum atomic E-state index is -4.74. The number of unbranched alkanes of at least 4 members (excludes halogenated alkanes) is 16. The van der Waals surface area contributed by atoms with Gasteiger partial charge >= 0.3 is 25.7 Å². The number of hydrogen-bond donors (Lipinski definition) is 3. The van der Waals surface area contributed by atoms with E-state index >= 15 is 0 Å². The molecule has 0 aliphatic rings. The van der Waals surface area contributed by atoms with Crippen LogP contribution in [0.5, 0.6) is 0 Å². The molecule has 0 fully saturated rings. The molecule has 0 aliphatic carbocycles. The Hall–Kier alpha value is -3.08. The third-order valence-electron chi connectivity index (χ3n) is 9.44. The molecular formula is C48H82NO10P. The number of phosphoric ester groups is 1. The van der Waals surface area contributed by atoms with Crippen LogP contribution in [-0.2, 0) is 37.5 Å². The highest BCUT2D eigenvalue weighted by molar-refractivity contribution is 7.47. The molecular weight excluding hydrogens is 781 g/mol. The molecule has 0 aliphatic heterocycles. The fraction of sp³-hybridized carbons (Fsp3) is 0.688. The largest absolute Gasteiger partial charge is 0.480 e. The third-order valence-corrected chi connectivity index (χ3v) is 10.4. The second-order valence-corrected chi connectivity index (χ2v) is 16.6. The minimum Gasteiger partial charge on any atom is -0.480 e. The first kappa shape index (κ1) is 56.9. The fourth-order valence-electron chi connectivity index (χ4n) is 5.86. The van der Waals surface area contributed by atoms with Gasteiger partial charge in [-0.15, -0.1) is 0 Å². The molecule has 11 nitrogen and oxygen atoms in total. The van der Waals surface area contributed by atoms with E-state index in [1.165, 1.54) is 83.5 Å². The van der Waals surface area contributed by atoms with Crippen LogP contribution in [0, 0.1) is 0 Å². The molecule has 4 N–H and O–H groups in total. The van der Waals surface area contributed by atoms with Gasteiger partial charge in [0.15, 0.2) is 6.10 Å². The molecule has 0 saturated heterocycles. The normalized spacial score (nSPS) is 14.3. The summed E-state index contributed by atoms with van der Waals surface area (Å²) in [5, 5.41) is 8.90. The number of esters is 2. The van der Waals surface area contributed by atoms with E-state index in [0.29, 0.717) is 19.3 Å². The van der Waals surface area contributed by atoms with Gasteiger partial charge in [0, 0.05) is 12.8 Å². The molecule has 60 heavy (non-hydrogen) atoms. The van der Waals surface area contributed by atoms with Crippen LogP contribution < -0.4 is 5.73 Å². The van der Waals surface area contributed by atoms with Gasteiger partial charge in [0.2, 0.25) is 0 Å². The van der Waals surface area contributed by atoms with Crippen LogP contribution >= 0.6 is 7.82 Å². The van der Waals surface area contributed by atoms with Crippen molar-refractivity contribution in [2.75, 3.05) is 19.8 Å². The van der Waals surface area contributed by atoms with E-state index in [4.69, 9.17) is 24.8 Å². The number of hydrogen-bond acceptors (Lipinski definition) is 9. The molecule has 0 spiro atoms. The van der Waals surface area contributed by atoms with E-state index in [0.717, 1.165) is 51.4 Å². The molecule has 12 heteroatoms. The standard InChI is InChI=1S/C48H82NO10P/c1-3-5-7-9-11-13-15-17-19-21-22-24-25-27-29-31-33-35-37-39-46(50)56-41-44(42-57-60(54,55)58-43-45(49)48(52)53)59-47(51)40-38-36-34-32-30-28-26-23-20-18-16-14-12-10-8-6-4-2/h6,8,12,14,17-20,26,28,32,34,44-45H,3-5,7,9-11,13,15-16,21-25,27,29-31,33,35-43,49H2,1-2H3,(H,52,53)(H,54,55)/b8-6-,14-12-,19-17-,20-18-,28-26-,34-32-. The highest BCUT2D eigenvalue weighted by Gasteiger charge is 2.28. The summed E-state index contributed by atoms with van der Waals surface area (Å²) in [7, 11) is -4.74. The van der Waals surface area contributed by atoms with Crippen LogP contribution in [0.25, 0.3) is 0 Å². The van der Waals surface area contributed by atoms with E-state index in [-0.39, 0.29) is 19.4 Å². The SMILES string of the molecule is CC/C=C\C/C=C\C/C=C\C/C=C\C/C=C\CCCC(=O)OC(COC(=O)CCCCCCCCCCC/C=C\CCCCCCCC)COP(=O)(O)OCC(N)C(=O)O. The molecule has 3 atom stereocenters. The quantitative estimate of drug-likeness (QED) is 0.0231. The fourth-order valence-corrected chi connectivity index (χ4v) is 6.64. The summed E-state index contributed by atoms with van der Waals surface area (Å²) >= 11 is 0. The minimum absolute atomic E-state index is 0.0796. The van der Waals surface area contributed by atoms with E-state index in [9.17, 15) is 23.8 Å². The number of carboxylic acids is 1. The van der Waals surface area contributed by atoms with Gasteiger partial charge in [0.05, 0.1) is 13.2 Å². The van der Waals surface area contributed by atoms with Crippen molar-refractivity contribution in [3.63, 3.8) is 0 Å². The third kappa shape index (κ3) is 41.6. The van der Waals surface area contributed by atoms with Crippen molar-refractivity contribution >= 4 is 25.7 Å². The van der Waals surface area contributed by atoms with Gasteiger partial charge in [0.1, 0.15) is 12.6 Å². The lowest BCUT2D eigenvalue weighted by atomic mass is 10.1.